The molecule has 1 aliphatic rings. The van der Waals surface area contributed by atoms with E-state index in [0.717, 1.165) is 30.1 Å². The first-order valence-electron chi connectivity index (χ1n) is 6.61. The lowest BCUT2D eigenvalue weighted by Gasteiger charge is -2.17. The molecular formula is C15H23NO2. The van der Waals surface area contributed by atoms with Crippen molar-refractivity contribution in [2.75, 3.05) is 13.2 Å². The zero-order valence-corrected chi connectivity index (χ0v) is 11.5. The SMILES string of the molecule is CC(C)(C)CCCOc1ccc2c(c1)OCC2N. The fraction of sp³-hybridized carbons (Fsp3) is 0.600. The summed E-state index contributed by atoms with van der Waals surface area (Å²) in [7, 11) is 0. The maximum absolute atomic E-state index is 5.90. The van der Waals surface area contributed by atoms with Gasteiger partial charge in [-0.1, -0.05) is 20.8 Å². The van der Waals surface area contributed by atoms with Crippen LogP contribution < -0.4 is 15.2 Å². The molecule has 3 heteroatoms. The molecule has 0 saturated carbocycles. The van der Waals surface area contributed by atoms with Crippen LogP contribution in [0.2, 0.25) is 0 Å². The normalized spacial score (nSPS) is 18.3. The highest BCUT2D eigenvalue weighted by molar-refractivity contribution is 5.44. The van der Waals surface area contributed by atoms with Gasteiger partial charge in [0.25, 0.3) is 0 Å². The number of benzene rings is 1. The van der Waals surface area contributed by atoms with Crippen molar-refractivity contribution >= 4 is 0 Å². The maximum atomic E-state index is 5.90. The molecular weight excluding hydrogens is 226 g/mol. The molecule has 3 nitrogen and oxygen atoms in total. The summed E-state index contributed by atoms with van der Waals surface area (Å²) in [6, 6.07) is 5.94. The molecule has 18 heavy (non-hydrogen) atoms. The minimum Gasteiger partial charge on any atom is -0.493 e. The first kappa shape index (κ1) is 13.2. The molecule has 0 fully saturated rings. The number of fused-ring (bicyclic) bond motifs is 1. The highest BCUT2D eigenvalue weighted by atomic mass is 16.5. The number of hydrogen-bond donors (Lipinski definition) is 1. The fourth-order valence-electron chi connectivity index (χ4n) is 2.10. The van der Waals surface area contributed by atoms with Crippen molar-refractivity contribution in [3.8, 4) is 11.5 Å². The lowest BCUT2D eigenvalue weighted by atomic mass is 9.91. The Morgan fingerprint density at radius 3 is 2.89 bits per heavy atom. The van der Waals surface area contributed by atoms with Gasteiger partial charge >= 0.3 is 0 Å². The Morgan fingerprint density at radius 2 is 2.17 bits per heavy atom. The molecule has 2 N–H and O–H groups in total. The van der Waals surface area contributed by atoms with Gasteiger partial charge in [0.15, 0.2) is 0 Å². The molecule has 0 saturated heterocycles. The second-order valence-electron chi connectivity index (χ2n) is 6.13. The topological polar surface area (TPSA) is 44.5 Å². The van der Waals surface area contributed by atoms with E-state index in [1.807, 2.05) is 18.2 Å². The van der Waals surface area contributed by atoms with E-state index in [4.69, 9.17) is 15.2 Å². The van der Waals surface area contributed by atoms with Crippen molar-refractivity contribution in [3.05, 3.63) is 23.8 Å². The minimum atomic E-state index is 0.00920. The molecule has 1 heterocycles. The molecule has 1 unspecified atom stereocenters. The van der Waals surface area contributed by atoms with Gasteiger partial charge in [-0.3, -0.25) is 0 Å². The highest BCUT2D eigenvalue weighted by Crippen LogP contribution is 2.34. The van der Waals surface area contributed by atoms with Gasteiger partial charge in [0.1, 0.15) is 18.1 Å². The van der Waals surface area contributed by atoms with Crippen molar-refractivity contribution < 1.29 is 9.47 Å². The second-order valence-corrected chi connectivity index (χ2v) is 6.13. The summed E-state index contributed by atoms with van der Waals surface area (Å²) < 4.78 is 11.2. The van der Waals surface area contributed by atoms with Crippen LogP contribution in [0.5, 0.6) is 11.5 Å². The van der Waals surface area contributed by atoms with E-state index in [-0.39, 0.29) is 6.04 Å². The van der Waals surface area contributed by atoms with E-state index >= 15 is 0 Å². The van der Waals surface area contributed by atoms with Gasteiger partial charge in [-0.2, -0.15) is 0 Å². The summed E-state index contributed by atoms with van der Waals surface area (Å²) in [5.41, 5.74) is 7.35. The van der Waals surface area contributed by atoms with E-state index in [1.54, 1.807) is 0 Å². The summed E-state index contributed by atoms with van der Waals surface area (Å²) in [5, 5.41) is 0. The average molecular weight is 249 g/mol. The predicted octanol–water partition coefficient (Wildman–Crippen LogP) is 3.28. The van der Waals surface area contributed by atoms with E-state index in [9.17, 15) is 0 Å². The second kappa shape index (κ2) is 5.19. The fourth-order valence-corrected chi connectivity index (χ4v) is 2.10. The number of rotatable bonds is 4. The summed E-state index contributed by atoms with van der Waals surface area (Å²) in [4.78, 5) is 0. The molecule has 1 aromatic rings. The minimum absolute atomic E-state index is 0.00920. The summed E-state index contributed by atoms with van der Waals surface area (Å²) in [5.74, 6) is 1.74. The zero-order chi connectivity index (χ0) is 13.2. The van der Waals surface area contributed by atoms with Crippen LogP contribution >= 0.6 is 0 Å². The van der Waals surface area contributed by atoms with Crippen molar-refractivity contribution in [1.82, 2.24) is 0 Å². The molecule has 0 bridgehead atoms. The van der Waals surface area contributed by atoms with Gasteiger partial charge in [0.05, 0.1) is 12.6 Å². The van der Waals surface area contributed by atoms with Crippen LogP contribution in [0, 0.1) is 5.41 Å². The van der Waals surface area contributed by atoms with Crippen LogP contribution in [0.1, 0.15) is 45.2 Å². The summed E-state index contributed by atoms with van der Waals surface area (Å²) >= 11 is 0. The van der Waals surface area contributed by atoms with E-state index in [1.165, 1.54) is 6.42 Å². The molecule has 0 radical (unpaired) electrons. The van der Waals surface area contributed by atoms with Gasteiger partial charge in [0, 0.05) is 11.6 Å². The van der Waals surface area contributed by atoms with Crippen LogP contribution in [-0.4, -0.2) is 13.2 Å². The first-order valence-corrected chi connectivity index (χ1v) is 6.61. The van der Waals surface area contributed by atoms with Crippen LogP contribution in [0.15, 0.2) is 18.2 Å². The van der Waals surface area contributed by atoms with Crippen LogP contribution in [-0.2, 0) is 0 Å². The number of hydrogen-bond acceptors (Lipinski definition) is 3. The number of nitrogens with two attached hydrogens (primary N) is 1. The largest absolute Gasteiger partial charge is 0.493 e. The smallest absolute Gasteiger partial charge is 0.127 e. The maximum Gasteiger partial charge on any atom is 0.127 e. The third-order valence-corrected chi connectivity index (χ3v) is 3.14. The Hall–Kier alpha value is -1.22. The Balaban J connectivity index is 1.84. The van der Waals surface area contributed by atoms with Crippen molar-refractivity contribution in [3.63, 3.8) is 0 Å². The predicted molar refractivity (Wildman–Crippen MR) is 73.0 cm³/mol. The lowest BCUT2D eigenvalue weighted by Crippen LogP contribution is -2.10. The highest BCUT2D eigenvalue weighted by Gasteiger charge is 2.20. The Kier molecular flexibility index (Phi) is 3.81. The van der Waals surface area contributed by atoms with Crippen LogP contribution in [0.4, 0.5) is 0 Å². The summed E-state index contributed by atoms with van der Waals surface area (Å²) in [6.07, 6.45) is 2.24. The molecule has 0 aliphatic carbocycles. The van der Waals surface area contributed by atoms with Crippen molar-refractivity contribution in [1.29, 1.82) is 0 Å². The quantitative estimate of drug-likeness (QED) is 0.833. The van der Waals surface area contributed by atoms with Gasteiger partial charge in [-0.05, 0) is 30.4 Å². The lowest BCUT2D eigenvalue weighted by molar-refractivity contribution is 0.267. The van der Waals surface area contributed by atoms with E-state index in [2.05, 4.69) is 20.8 Å². The van der Waals surface area contributed by atoms with Crippen LogP contribution in [0.3, 0.4) is 0 Å². The summed E-state index contributed by atoms with van der Waals surface area (Å²) in [6.45, 7) is 8.07. The van der Waals surface area contributed by atoms with Gasteiger partial charge in [-0.25, -0.2) is 0 Å². The third-order valence-electron chi connectivity index (χ3n) is 3.14. The molecule has 1 atom stereocenters. The van der Waals surface area contributed by atoms with Crippen molar-refractivity contribution in [2.45, 2.75) is 39.7 Å². The number of ether oxygens (including phenoxy) is 2. The average Bonchev–Trinajstić information content (AvgIpc) is 2.65. The molecule has 0 spiro atoms. The van der Waals surface area contributed by atoms with Gasteiger partial charge < -0.3 is 15.2 Å². The van der Waals surface area contributed by atoms with Gasteiger partial charge in [0.2, 0.25) is 0 Å². The molecule has 2 rings (SSSR count). The monoisotopic (exact) mass is 249 g/mol. The van der Waals surface area contributed by atoms with Crippen molar-refractivity contribution in [2.24, 2.45) is 11.1 Å². The Labute approximate surface area is 109 Å². The Bertz CT molecular complexity index is 409. The van der Waals surface area contributed by atoms with Crippen LogP contribution in [0.25, 0.3) is 0 Å². The first-order chi connectivity index (χ1) is 8.46. The third kappa shape index (κ3) is 3.39. The molecule has 1 aromatic carbocycles. The molecule has 1 aliphatic heterocycles. The molecule has 100 valence electrons. The van der Waals surface area contributed by atoms with E-state index in [0.29, 0.717) is 12.0 Å². The van der Waals surface area contributed by atoms with E-state index < -0.39 is 0 Å². The zero-order valence-electron chi connectivity index (χ0n) is 11.5. The van der Waals surface area contributed by atoms with Gasteiger partial charge in [-0.15, -0.1) is 0 Å². The Morgan fingerprint density at radius 1 is 1.39 bits per heavy atom. The molecule has 0 aromatic heterocycles. The molecule has 0 amide bonds. The standard InChI is InChI=1S/C15H23NO2/c1-15(2,3)7-4-8-17-11-5-6-12-13(16)10-18-14(12)9-11/h5-6,9,13H,4,7-8,10,16H2,1-3H3.